The van der Waals surface area contributed by atoms with Gasteiger partial charge in [0.05, 0.1) is 11.8 Å². The zero-order chi connectivity index (χ0) is 24.6. The van der Waals surface area contributed by atoms with Gasteiger partial charge in [-0.1, -0.05) is 6.92 Å². The summed E-state index contributed by atoms with van der Waals surface area (Å²) in [6.45, 7) is 4.79. The molecule has 0 aromatic heterocycles. The molecule has 1 aromatic carbocycles. The highest BCUT2D eigenvalue weighted by Gasteiger charge is 2.48. The lowest BCUT2D eigenvalue weighted by molar-refractivity contribution is -0.271. The molecule has 182 valence electrons. The van der Waals surface area contributed by atoms with Gasteiger partial charge in [0.2, 0.25) is 12.2 Å². The number of rotatable bonds is 5. The summed E-state index contributed by atoms with van der Waals surface area (Å²) in [5.74, 6) is -3.89. The number of aliphatic hydroxyl groups excluding tert-OH is 3. The number of carboxylic acid groups (broad SMARTS) is 1. The number of nitrogens with one attached hydrogen (secondary N) is 1. The van der Waals surface area contributed by atoms with E-state index < -0.39 is 72.4 Å². The van der Waals surface area contributed by atoms with Crippen molar-refractivity contribution in [2.45, 2.75) is 70.0 Å². The molecule has 1 saturated heterocycles. The van der Waals surface area contributed by atoms with Gasteiger partial charge >= 0.3 is 12.1 Å². The number of hydrogen-bond acceptors (Lipinski definition) is 9. The summed E-state index contributed by atoms with van der Waals surface area (Å²) in [6.07, 6.45) is -11.0. The van der Waals surface area contributed by atoms with Gasteiger partial charge in [-0.05, 0) is 32.4 Å². The van der Waals surface area contributed by atoms with Crippen molar-refractivity contribution in [3.05, 3.63) is 17.9 Å². The Morgan fingerprint density at radius 3 is 2.45 bits per heavy atom. The van der Waals surface area contributed by atoms with Crippen LogP contribution in [0.4, 0.5) is 20.6 Å². The van der Waals surface area contributed by atoms with E-state index in [1.807, 2.05) is 0 Å². The van der Waals surface area contributed by atoms with Crippen LogP contribution in [-0.2, 0) is 19.1 Å². The highest BCUT2D eigenvalue weighted by molar-refractivity contribution is 6.10. The maximum absolute atomic E-state index is 15.6. The van der Waals surface area contributed by atoms with Gasteiger partial charge < -0.3 is 40.0 Å². The Kier molecular flexibility index (Phi) is 7.07. The van der Waals surface area contributed by atoms with Gasteiger partial charge in [-0.25, -0.2) is 14.0 Å². The lowest BCUT2D eigenvalue weighted by Gasteiger charge is -2.39. The second-order valence-corrected chi connectivity index (χ2v) is 7.84. The molecule has 33 heavy (non-hydrogen) atoms. The molecular weight excluding hydrogens is 447 g/mol. The zero-order valence-electron chi connectivity index (χ0n) is 18.0. The summed E-state index contributed by atoms with van der Waals surface area (Å²) >= 11 is 0. The number of ether oxygens (including phenoxy) is 3. The van der Waals surface area contributed by atoms with Crippen molar-refractivity contribution in [3.63, 3.8) is 0 Å². The molecule has 2 amide bonds. The molecule has 3 rings (SSSR count). The summed E-state index contributed by atoms with van der Waals surface area (Å²) in [5, 5.41) is 41.5. The van der Waals surface area contributed by atoms with Crippen molar-refractivity contribution in [3.8, 4) is 5.75 Å². The molecule has 12 nitrogen and oxygen atoms in total. The van der Waals surface area contributed by atoms with Crippen molar-refractivity contribution in [1.82, 2.24) is 0 Å². The number of halogens is 1. The number of hydrogen-bond donors (Lipinski definition) is 5. The fraction of sp³-hybridized carbons (Fsp3) is 0.550. The molecule has 0 aliphatic carbocycles. The number of anilines is 2. The predicted octanol–water partition coefficient (Wildman–Crippen LogP) is 0.179. The number of carboxylic acids is 1. The summed E-state index contributed by atoms with van der Waals surface area (Å²) in [4.78, 5) is 37.3. The molecule has 0 saturated carbocycles. The number of fused-ring (bicyclic) bond motifs is 1. The number of amides is 2. The number of aliphatic carboxylic acids is 1. The molecule has 0 unspecified atom stereocenters. The van der Waals surface area contributed by atoms with Crippen LogP contribution >= 0.6 is 0 Å². The van der Waals surface area contributed by atoms with E-state index in [2.05, 4.69) is 5.32 Å². The van der Waals surface area contributed by atoms with Crippen LogP contribution in [0.25, 0.3) is 0 Å². The highest BCUT2D eigenvalue weighted by atomic mass is 19.1. The van der Waals surface area contributed by atoms with Crippen molar-refractivity contribution < 1.29 is 53.4 Å². The fourth-order valence-electron chi connectivity index (χ4n) is 3.58. The molecule has 6 atom stereocenters. The number of aliphatic hydroxyl groups is 3. The maximum Gasteiger partial charge on any atom is 0.415 e. The number of benzene rings is 1. The van der Waals surface area contributed by atoms with Crippen LogP contribution in [-0.4, -0.2) is 81.2 Å². The fourth-order valence-corrected chi connectivity index (χ4v) is 3.58. The van der Waals surface area contributed by atoms with E-state index in [0.29, 0.717) is 0 Å². The molecule has 0 radical (unpaired) electrons. The summed E-state index contributed by atoms with van der Waals surface area (Å²) < 4.78 is 31.0. The Balaban J connectivity index is 1.99. The Morgan fingerprint density at radius 1 is 1.21 bits per heavy atom. The third-order valence-corrected chi connectivity index (χ3v) is 5.17. The second-order valence-electron chi connectivity index (χ2n) is 7.84. The number of nitrogens with zero attached hydrogens (tertiary/aromatic N) is 1. The van der Waals surface area contributed by atoms with E-state index >= 15 is 4.39 Å². The van der Waals surface area contributed by atoms with Crippen LogP contribution in [0.5, 0.6) is 5.75 Å². The predicted molar refractivity (Wildman–Crippen MR) is 108 cm³/mol. The molecule has 0 spiro atoms. The minimum atomic E-state index is -1.95. The lowest BCUT2D eigenvalue weighted by Crippen LogP contribution is -2.61. The molecule has 5 N–H and O–H groups in total. The van der Waals surface area contributed by atoms with E-state index in [9.17, 15) is 29.7 Å². The van der Waals surface area contributed by atoms with Crippen molar-refractivity contribution >= 4 is 29.3 Å². The van der Waals surface area contributed by atoms with Crippen LogP contribution < -0.4 is 15.0 Å². The molecule has 2 aliphatic heterocycles. The van der Waals surface area contributed by atoms with Crippen LogP contribution in [0, 0.1) is 5.82 Å². The summed E-state index contributed by atoms with van der Waals surface area (Å²) in [7, 11) is 0. The number of carbonyl (C=O) groups excluding carboxylic acids is 2. The van der Waals surface area contributed by atoms with Crippen molar-refractivity contribution in [2.75, 3.05) is 10.2 Å². The van der Waals surface area contributed by atoms with E-state index in [-0.39, 0.29) is 17.8 Å². The molecule has 1 aromatic rings. The van der Waals surface area contributed by atoms with Gasteiger partial charge in [0.25, 0.3) is 0 Å². The Morgan fingerprint density at radius 2 is 1.88 bits per heavy atom. The van der Waals surface area contributed by atoms with Crippen LogP contribution in [0.3, 0.4) is 0 Å². The van der Waals surface area contributed by atoms with Gasteiger partial charge in [-0.3, -0.25) is 9.69 Å². The minimum absolute atomic E-state index is 0.0424. The monoisotopic (exact) mass is 472 g/mol. The average Bonchev–Trinajstić information content (AvgIpc) is 2.74. The van der Waals surface area contributed by atoms with Gasteiger partial charge in [0, 0.05) is 0 Å². The van der Waals surface area contributed by atoms with E-state index in [4.69, 9.17) is 19.3 Å². The highest BCUT2D eigenvalue weighted by Crippen LogP contribution is 2.41. The first-order valence-electron chi connectivity index (χ1n) is 10.2. The first-order chi connectivity index (χ1) is 15.5. The minimum Gasteiger partial charge on any atom is -0.479 e. The SMILES string of the molecule is CC[C@H]1C(=O)Nc2ccc(O[C@@H]3O[C@H](C(=O)O)[C@@H](O)[C@H](O)[C@H]3O)c(F)c2N1C(=O)OC(C)C. The Bertz CT molecular complexity index is 942. The smallest absolute Gasteiger partial charge is 0.415 e. The molecule has 2 heterocycles. The zero-order valence-corrected chi connectivity index (χ0v) is 18.0. The van der Waals surface area contributed by atoms with Crippen LogP contribution in [0.15, 0.2) is 12.1 Å². The second kappa shape index (κ2) is 9.47. The molecule has 0 bridgehead atoms. The molecule has 13 heteroatoms. The summed E-state index contributed by atoms with van der Waals surface area (Å²) in [6, 6.07) is 1.22. The standard InChI is InChI=1S/C20H25FN2O10/c1-4-9-17(27)22-8-5-6-10(11(21)12(8)23(9)20(30)31-7(2)3)32-19-15(26)13(24)14(25)16(33-19)18(28)29/h5-7,9,13-16,19,24-26H,4H2,1-3H3,(H,22,27)(H,28,29)/t9-,13-,14-,15+,16-,19+/m0/s1. The molecule has 2 aliphatic rings. The first kappa shape index (κ1) is 24.6. The Hall–Kier alpha value is -3.00. The summed E-state index contributed by atoms with van der Waals surface area (Å²) in [5.41, 5.74) is -0.399. The van der Waals surface area contributed by atoms with Gasteiger partial charge in [0.15, 0.2) is 17.7 Å². The molecular formula is C20H25FN2O10. The topological polar surface area (TPSA) is 175 Å². The number of carbonyl (C=O) groups is 3. The van der Waals surface area contributed by atoms with E-state index in [1.165, 1.54) is 6.07 Å². The van der Waals surface area contributed by atoms with Crippen LogP contribution in [0.2, 0.25) is 0 Å². The lowest BCUT2D eigenvalue weighted by atomic mass is 9.99. The molecule has 1 fully saturated rings. The van der Waals surface area contributed by atoms with Gasteiger partial charge in [0.1, 0.15) is 30.0 Å². The Labute approximate surface area is 187 Å². The largest absolute Gasteiger partial charge is 0.479 e. The van der Waals surface area contributed by atoms with Gasteiger partial charge in [-0.2, -0.15) is 0 Å². The van der Waals surface area contributed by atoms with E-state index in [1.54, 1.807) is 20.8 Å². The first-order valence-corrected chi connectivity index (χ1v) is 10.2. The van der Waals surface area contributed by atoms with Crippen molar-refractivity contribution in [2.24, 2.45) is 0 Å². The normalized spacial score (nSPS) is 29.3. The third-order valence-electron chi connectivity index (χ3n) is 5.17. The van der Waals surface area contributed by atoms with Gasteiger partial charge in [-0.15, -0.1) is 0 Å². The average molecular weight is 472 g/mol. The van der Waals surface area contributed by atoms with E-state index in [0.717, 1.165) is 11.0 Å². The quantitative estimate of drug-likeness (QED) is 0.397. The maximum atomic E-state index is 15.6. The van der Waals surface area contributed by atoms with Crippen LogP contribution in [0.1, 0.15) is 27.2 Å². The third kappa shape index (κ3) is 4.57. The van der Waals surface area contributed by atoms with Crippen molar-refractivity contribution in [1.29, 1.82) is 0 Å².